The van der Waals surface area contributed by atoms with Crippen LogP contribution in [0.5, 0.6) is 0 Å². The van der Waals surface area contributed by atoms with Crippen molar-refractivity contribution in [2.24, 2.45) is 0 Å². The number of aromatic nitrogens is 1. The first kappa shape index (κ1) is 29.5. The summed E-state index contributed by atoms with van der Waals surface area (Å²) < 4.78 is 2.48. The Kier molecular flexibility index (Phi) is 7.42. The van der Waals surface area contributed by atoms with Crippen LogP contribution >= 0.6 is 0 Å². The Bertz CT molecular complexity index is 2290. The minimum absolute atomic E-state index is 0.0505. The largest absolute Gasteiger partial charge is 0.335 e. The summed E-state index contributed by atoms with van der Waals surface area (Å²) in [7, 11) is 0. The number of hydrogen-bond acceptors (Lipinski definition) is 1. The van der Waals surface area contributed by atoms with Crippen LogP contribution in [-0.4, -0.2) is 4.57 Å². The second kappa shape index (κ2) is 12.1. The van der Waals surface area contributed by atoms with Crippen molar-refractivity contribution in [1.29, 1.82) is 0 Å². The topological polar surface area (TPSA) is 8.17 Å². The van der Waals surface area contributed by atoms with Crippen LogP contribution in [0.1, 0.15) is 20.8 Å². The van der Waals surface area contributed by atoms with Gasteiger partial charge in [-0.2, -0.15) is 0 Å². The van der Waals surface area contributed by atoms with Crippen LogP contribution < -0.4 is 4.90 Å². The van der Waals surface area contributed by atoms with Gasteiger partial charge in [0.2, 0.25) is 0 Å². The molecular formula is C46H38N2. The first-order valence-corrected chi connectivity index (χ1v) is 16.7. The van der Waals surface area contributed by atoms with Crippen LogP contribution in [0.4, 0.5) is 17.1 Å². The summed E-state index contributed by atoms with van der Waals surface area (Å²) in [4.78, 5) is 2.41. The molecule has 0 N–H and O–H groups in total. The smallest absolute Gasteiger partial charge is 0.0540 e. The van der Waals surface area contributed by atoms with Crippen molar-refractivity contribution in [3.8, 4) is 33.4 Å². The molecule has 0 aliphatic heterocycles. The molecule has 0 saturated heterocycles. The van der Waals surface area contributed by atoms with Crippen molar-refractivity contribution < 1.29 is 0 Å². The number of nitrogens with zero attached hydrogens (tertiary/aromatic N) is 2. The number of fused-ring (bicyclic) bond motifs is 3. The lowest BCUT2D eigenvalue weighted by Gasteiger charge is -2.29. The summed E-state index contributed by atoms with van der Waals surface area (Å²) in [5, 5.41) is 2.56. The van der Waals surface area contributed by atoms with Crippen molar-refractivity contribution in [2.75, 3.05) is 4.90 Å². The molecule has 2 nitrogen and oxygen atoms in total. The third kappa shape index (κ3) is 5.36. The van der Waals surface area contributed by atoms with Crippen molar-refractivity contribution >= 4 is 38.9 Å². The molecule has 0 amide bonds. The van der Waals surface area contributed by atoms with Gasteiger partial charge in [0.05, 0.1) is 5.69 Å². The van der Waals surface area contributed by atoms with Gasteiger partial charge in [0.15, 0.2) is 0 Å². The maximum Gasteiger partial charge on any atom is 0.0540 e. The molecule has 0 radical (unpaired) electrons. The summed E-state index contributed by atoms with van der Waals surface area (Å²) in [5.41, 5.74) is 13.0. The van der Waals surface area contributed by atoms with Gasteiger partial charge >= 0.3 is 0 Å². The molecule has 7 aromatic carbocycles. The van der Waals surface area contributed by atoms with Crippen LogP contribution in [0.15, 0.2) is 176 Å². The van der Waals surface area contributed by atoms with E-state index in [0.717, 1.165) is 17.1 Å². The van der Waals surface area contributed by atoms with Crippen molar-refractivity contribution in [3.63, 3.8) is 0 Å². The standard InChI is InChI=1S/C46H38N2/c1-46(2,3)48-44-27-13-11-25-41(44)42-32-37(28-29-45(42)48)40-24-10-12-26-43(40)47(38-22-14-20-35(30-38)33-16-6-4-7-17-33)39-23-15-21-36(31-39)34-18-8-5-9-19-34/h4-32H,1-3H3. The Morgan fingerprint density at radius 1 is 0.396 bits per heavy atom. The lowest BCUT2D eigenvalue weighted by atomic mass is 9.98. The SMILES string of the molecule is CC(C)(C)n1c2ccccc2c2cc(-c3ccccc3N(c3cccc(-c4ccccc4)c3)c3cccc(-c4ccccc4)c3)ccc21. The maximum absolute atomic E-state index is 2.48. The van der Waals surface area contributed by atoms with Gasteiger partial charge in [0.1, 0.15) is 0 Å². The third-order valence-corrected chi connectivity index (χ3v) is 9.22. The molecule has 1 aromatic heterocycles. The van der Waals surface area contributed by atoms with Crippen LogP contribution in [0.25, 0.3) is 55.2 Å². The summed E-state index contributed by atoms with van der Waals surface area (Å²) in [6.45, 7) is 6.85. The predicted molar refractivity (Wildman–Crippen MR) is 205 cm³/mol. The van der Waals surface area contributed by atoms with E-state index in [1.165, 1.54) is 55.2 Å². The molecule has 0 aliphatic carbocycles. The highest BCUT2D eigenvalue weighted by Gasteiger charge is 2.22. The van der Waals surface area contributed by atoms with Crippen LogP contribution in [0, 0.1) is 0 Å². The maximum atomic E-state index is 2.48. The summed E-state index contributed by atoms with van der Waals surface area (Å²) in [6.07, 6.45) is 0. The van der Waals surface area contributed by atoms with E-state index in [4.69, 9.17) is 0 Å². The average molecular weight is 619 g/mol. The molecule has 0 saturated carbocycles. The van der Waals surface area contributed by atoms with Crippen LogP contribution in [0.2, 0.25) is 0 Å². The number of benzene rings is 7. The van der Waals surface area contributed by atoms with Gasteiger partial charge in [-0.3, -0.25) is 0 Å². The fraction of sp³-hybridized carbons (Fsp3) is 0.0870. The minimum Gasteiger partial charge on any atom is -0.335 e. The molecule has 2 heteroatoms. The van der Waals surface area contributed by atoms with Gasteiger partial charge in [-0.1, -0.05) is 127 Å². The van der Waals surface area contributed by atoms with E-state index in [2.05, 4.69) is 206 Å². The molecular weight excluding hydrogens is 581 g/mol. The van der Waals surface area contributed by atoms with Gasteiger partial charge in [-0.05, 0) is 97.1 Å². The Morgan fingerprint density at radius 2 is 0.917 bits per heavy atom. The molecule has 48 heavy (non-hydrogen) atoms. The van der Waals surface area contributed by atoms with Crippen molar-refractivity contribution in [1.82, 2.24) is 4.57 Å². The van der Waals surface area contributed by atoms with Crippen molar-refractivity contribution in [3.05, 3.63) is 176 Å². The number of anilines is 3. The number of para-hydroxylation sites is 2. The predicted octanol–water partition coefficient (Wildman–Crippen LogP) is 13.0. The van der Waals surface area contributed by atoms with Gasteiger partial charge in [-0.15, -0.1) is 0 Å². The first-order valence-electron chi connectivity index (χ1n) is 16.7. The van der Waals surface area contributed by atoms with E-state index in [-0.39, 0.29) is 5.54 Å². The van der Waals surface area contributed by atoms with Gasteiger partial charge in [0, 0.05) is 44.3 Å². The highest BCUT2D eigenvalue weighted by Crippen LogP contribution is 2.44. The Balaban J connectivity index is 1.34. The first-order chi connectivity index (χ1) is 23.5. The molecule has 0 fully saturated rings. The minimum atomic E-state index is -0.0505. The third-order valence-electron chi connectivity index (χ3n) is 9.22. The molecule has 8 rings (SSSR count). The zero-order valence-corrected chi connectivity index (χ0v) is 27.6. The molecule has 0 bridgehead atoms. The Morgan fingerprint density at radius 3 is 1.54 bits per heavy atom. The van der Waals surface area contributed by atoms with Gasteiger partial charge in [-0.25, -0.2) is 0 Å². The van der Waals surface area contributed by atoms with E-state index in [1.807, 2.05) is 0 Å². The second-order valence-corrected chi connectivity index (χ2v) is 13.4. The fourth-order valence-corrected chi connectivity index (χ4v) is 7.11. The van der Waals surface area contributed by atoms with Crippen LogP contribution in [-0.2, 0) is 5.54 Å². The molecule has 0 aliphatic rings. The lowest BCUT2D eigenvalue weighted by Crippen LogP contribution is -2.21. The molecule has 8 aromatic rings. The highest BCUT2D eigenvalue weighted by atomic mass is 15.1. The quantitative estimate of drug-likeness (QED) is 0.180. The summed E-state index contributed by atoms with van der Waals surface area (Å²) >= 11 is 0. The Labute approximate surface area is 283 Å². The number of rotatable bonds is 6. The second-order valence-electron chi connectivity index (χ2n) is 13.4. The molecule has 1 heterocycles. The van der Waals surface area contributed by atoms with Crippen LogP contribution in [0.3, 0.4) is 0 Å². The molecule has 0 spiro atoms. The zero-order chi connectivity index (χ0) is 32.7. The normalized spacial score (nSPS) is 11.6. The highest BCUT2D eigenvalue weighted by molar-refractivity contribution is 6.10. The monoisotopic (exact) mass is 618 g/mol. The summed E-state index contributed by atoms with van der Waals surface area (Å²) in [6, 6.07) is 63.6. The average Bonchev–Trinajstić information content (AvgIpc) is 3.48. The molecule has 232 valence electrons. The van der Waals surface area contributed by atoms with E-state index < -0.39 is 0 Å². The zero-order valence-electron chi connectivity index (χ0n) is 27.6. The van der Waals surface area contributed by atoms with Gasteiger partial charge in [0.25, 0.3) is 0 Å². The molecule has 0 atom stereocenters. The Hall–Kier alpha value is -5.86. The van der Waals surface area contributed by atoms with E-state index in [9.17, 15) is 0 Å². The van der Waals surface area contributed by atoms with E-state index in [0.29, 0.717) is 0 Å². The van der Waals surface area contributed by atoms with E-state index >= 15 is 0 Å². The molecule has 0 unspecified atom stereocenters. The van der Waals surface area contributed by atoms with Gasteiger partial charge < -0.3 is 9.47 Å². The summed E-state index contributed by atoms with van der Waals surface area (Å²) in [5.74, 6) is 0. The van der Waals surface area contributed by atoms with E-state index in [1.54, 1.807) is 0 Å². The van der Waals surface area contributed by atoms with Crippen molar-refractivity contribution in [2.45, 2.75) is 26.3 Å². The fourth-order valence-electron chi connectivity index (χ4n) is 7.11. The number of hydrogen-bond donors (Lipinski definition) is 0. The lowest BCUT2D eigenvalue weighted by molar-refractivity contribution is 0.423.